The zero-order chi connectivity index (χ0) is 16.0. The predicted molar refractivity (Wildman–Crippen MR) is 71.5 cm³/mol. The molecule has 2 heterocycles. The van der Waals surface area contributed by atoms with Crippen LogP contribution in [-0.4, -0.2) is 11.6 Å². The fraction of sp³-hybridized carbons (Fsp3) is 0.312. The summed E-state index contributed by atoms with van der Waals surface area (Å²) in [4.78, 5) is 3.77. The van der Waals surface area contributed by atoms with E-state index in [0.717, 1.165) is 17.7 Å². The second-order valence-electron chi connectivity index (χ2n) is 5.22. The molecule has 0 saturated carbocycles. The Labute approximate surface area is 124 Å². The van der Waals surface area contributed by atoms with E-state index in [4.69, 9.17) is 4.74 Å². The molecule has 116 valence electrons. The second-order valence-corrected chi connectivity index (χ2v) is 5.22. The van der Waals surface area contributed by atoms with Crippen LogP contribution in [0.25, 0.3) is 0 Å². The van der Waals surface area contributed by atoms with Gasteiger partial charge < -0.3 is 4.74 Å². The smallest absolute Gasteiger partial charge is 0.324 e. The summed E-state index contributed by atoms with van der Waals surface area (Å²) in [7, 11) is 0. The van der Waals surface area contributed by atoms with Gasteiger partial charge in [-0.15, -0.1) is 0 Å². The molecule has 1 atom stereocenters. The van der Waals surface area contributed by atoms with Crippen molar-refractivity contribution in [1.82, 2.24) is 4.98 Å². The molecule has 0 amide bonds. The van der Waals surface area contributed by atoms with E-state index in [1.807, 2.05) is 6.92 Å². The summed E-state index contributed by atoms with van der Waals surface area (Å²) in [5, 5.41) is 0. The van der Waals surface area contributed by atoms with Gasteiger partial charge in [0.15, 0.2) is 5.60 Å². The third-order valence-electron chi connectivity index (χ3n) is 3.86. The lowest BCUT2D eigenvalue weighted by Crippen LogP contribution is -2.34. The summed E-state index contributed by atoms with van der Waals surface area (Å²) in [6.45, 7) is 1.54. The van der Waals surface area contributed by atoms with Gasteiger partial charge in [0.2, 0.25) is 0 Å². The van der Waals surface area contributed by atoms with Crippen molar-refractivity contribution in [1.29, 1.82) is 0 Å². The zero-order valence-corrected chi connectivity index (χ0v) is 11.7. The molecule has 0 aliphatic carbocycles. The number of epoxide rings is 1. The van der Waals surface area contributed by atoms with Crippen LogP contribution in [0.4, 0.5) is 17.6 Å². The van der Waals surface area contributed by atoms with Crippen molar-refractivity contribution in [2.75, 3.05) is 6.61 Å². The quantitative estimate of drug-likeness (QED) is 0.631. The van der Waals surface area contributed by atoms with Gasteiger partial charge in [0.05, 0.1) is 6.61 Å². The number of aryl methyl sites for hydroxylation is 1. The third-order valence-corrected chi connectivity index (χ3v) is 3.86. The van der Waals surface area contributed by atoms with Crippen LogP contribution in [0.15, 0.2) is 36.5 Å². The lowest BCUT2D eigenvalue weighted by molar-refractivity contribution is -0.0901. The Morgan fingerprint density at radius 1 is 1.23 bits per heavy atom. The van der Waals surface area contributed by atoms with E-state index >= 15 is 0 Å². The molecule has 2 aromatic rings. The highest BCUT2D eigenvalue weighted by Gasteiger charge is 2.68. The van der Waals surface area contributed by atoms with Crippen molar-refractivity contribution >= 4 is 0 Å². The number of halogens is 4. The van der Waals surface area contributed by atoms with E-state index in [1.165, 1.54) is 12.3 Å². The lowest BCUT2D eigenvalue weighted by atomic mass is 9.90. The first-order valence-electron chi connectivity index (χ1n) is 6.83. The molecule has 0 N–H and O–H groups in total. The average Bonchev–Trinajstić information content (AvgIpc) is 3.29. The van der Waals surface area contributed by atoms with Crippen LogP contribution in [0.5, 0.6) is 0 Å². The maximum Gasteiger partial charge on any atom is 0.324 e. The lowest BCUT2D eigenvalue weighted by Gasteiger charge is -2.24. The molecule has 22 heavy (non-hydrogen) atoms. The van der Waals surface area contributed by atoms with Crippen molar-refractivity contribution in [3.05, 3.63) is 65.0 Å². The summed E-state index contributed by atoms with van der Waals surface area (Å²) in [5.74, 6) is -5.40. The molecule has 1 aliphatic heterocycles. The topological polar surface area (TPSA) is 25.4 Å². The first-order chi connectivity index (χ1) is 10.4. The third kappa shape index (κ3) is 2.18. The fourth-order valence-corrected chi connectivity index (χ4v) is 2.42. The van der Waals surface area contributed by atoms with Crippen molar-refractivity contribution < 1.29 is 22.3 Å². The molecule has 0 bridgehead atoms. The number of hydrogen-bond donors (Lipinski definition) is 0. The highest BCUT2D eigenvalue weighted by Crippen LogP contribution is 2.56. The molecule has 1 aliphatic rings. The second kappa shape index (κ2) is 5.05. The van der Waals surface area contributed by atoms with Gasteiger partial charge in [-0.05, 0) is 30.2 Å². The molecule has 1 unspecified atom stereocenters. The molecule has 3 rings (SSSR count). The first kappa shape index (κ1) is 15.0. The Morgan fingerprint density at radius 3 is 2.45 bits per heavy atom. The molecule has 0 radical (unpaired) electrons. The number of alkyl halides is 2. The summed E-state index contributed by atoms with van der Waals surface area (Å²) in [5.41, 5.74) is -2.16. The van der Waals surface area contributed by atoms with E-state index < -0.39 is 28.9 Å². The number of ether oxygens (including phenoxy) is 1. The number of hydrogen-bond acceptors (Lipinski definition) is 2. The van der Waals surface area contributed by atoms with Crippen molar-refractivity contribution in [3.8, 4) is 0 Å². The van der Waals surface area contributed by atoms with Gasteiger partial charge in [-0.25, -0.2) is 8.78 Å². The minimum Gasteiger partial charge on any atom is -0.357 e. The maximum atomic E-state index is 14.8. The highest BCUT2D eigenvalue weighted by atomic mass is 19.3. The number of pyridine rings is 1. The van der Waals surface area contributed by atoms with Crippen LogP contribution >= 0.6 is 0 Å². The van der Waals surface area contributed by atoms with Gasteiger partial charge in [-0.1, -0.05) is 13.0 Å². The van der Waals surface area contributed by atoms with Gasteiger partial charge in [0.1, 0.15) is 17.3 Å². The van der Waals surface area contributed by atoms with Crippen LogP contribution in [0.3, 0.4) is 0 Å². The number of benzene rings is 1. The van der Waals surface area contributed by atoms with E-state index in [2.05, 4.69) is 4.98 Å². The van der Waals surface area contributed by atoms with Crippen LogP contribution in [-0.2, 0) is 22.7 Å². The Morgan fingerprint density at radius 2 is 1.95 bits per heavy atom. The number of aromatic nitrogens is 1. The minimum absolute atomic E-state index is 0.347. The monoisotopic (exact) mass is 311 g/mol. The van der Waals surface area contributed by atoms with Crippen LogP contribution in [0, 0.1) is 11.6 Å². The predicted octanol–water partition coefficient (Wildman–Crippen LogP) is 3.94. The van der Waals surface area contributed by atoms with Gasteiger partial charge in [-0.3, -0.25) is 4.98 Å². The minimum atomic E-state index is -3.52. The molecular formula is C16H13F4NO. The maximum absolute atomic E-state index is 14.8. The van der Waals surface area contributed by atoms with Crippen molar-refractivity contribution in [2.45, 2.75) is 24.9 Å². The standard InChI is InChI=1S/C16H13F4NO/c1-2-10-3-6-14(21-8-10)16(19,20)15(9-22-15)12-5-4-11(17)7-13(12)18/h3-8H,2,9H2,1H3. The largest absolute Gasteiger partial charge is 0.357 e. The molecule has 0 spiro atoms. The highest BCUT2D eigenvalue weighted by molar-refractivity contribution is 5.35. The summed E-state index contributed by atoms with van der Waals surface area (Å²) >= 11 is 0. The van der Waals surface area contributed by atoms with Crippen molar-refractivity contribution in [3.63, 3.8) is 0 Å². The Bertz CT molecular complexity index is 696. The van der Waals surface area contributed by atoms with E-state index in [1.54, 1.807) is 6.07 Å². The number of rotatable bonds is 4. The Hall–Kier alpha value is -1.95. The van der Waals surface area contributed by atoms with Gasteiger partial charge in [-0.2, -0.15) is 8.78 Å². The Kier molecular flexibility index (Phi) is 3.44. The summed E-state index contributed by atoms with van der Waals surface area (Å²) in [6.07, 6.45) is 2.04. The first-order valence-corrected chi connectivity index (χ1v) is 6.83. The van der Waals surface area contributed by atoms with E-state index in [0.29, 0.717) is 12.5 Å². The van der Waals surface area contributed by atoms with Crippen molar-refractivity contribution in [2.24, 2.45) is 0 Å². The van der Waals surface area contributed by atoms with Crippen LogP contribution in [0.1, 0.15) is 23.7 Å². The Balaban J connectivity index is 2.03. The normalized spacial score (nSPS) is 21.0. The van der Waals surface area contributed by atoms with E-state index in [9.17, 15) is 17.6 Å². The SMILES string of the molecule is CCc1ccc(C(F)(F)C2(c3ccc(F)cc3F)CO2)nc1. The molecule has 1 aromatic heterocycles. The molecular weight excluding hydrogens is 298 g/mol. The van der Waals surface area contributed by atoms with Gasteiger partial charge in [0, 0.05) is 17.8 Å². The molecule has 1 fully saturated rings. The fourth-order valence-electron chi connectivity index (χ4n) is 2.42. The average molecular weight is 311 g/mol. The summed E-state index contributed by atoms with van der Waals surface area (Å²) in [6, 6.07) is 5.26. The van der Waals surface area contributed by atoms with E-state index in [-0.39, 0.29) is 12.2 Å². The van der Waals surface area contributed by atoms with Gasteiger partial charge >= 0.3 is 5.92 Å². The zero-order valence-electron chi connectivity index (χ0n) is 11.7. The van der Waals surface area contributed by atoms with Crippen LogP contribution in [0.2, 0.25) is 0 Å². The van der Waals surface area contributed by atoms with Gasteiger partial charge in [0.25, 0.3) is 0 Å². The number of nitrogens with zero attached hydrogens (tertiary/aromatic N) is 1. The molecule has 6 heteroatoms. The molecule has 1 aromatic carbocycles. The molecule has 1 saturated heterocycles. The summed E-state index contributed by atoms with van der Waals surface area (Å²) < 4.78 is 61.3. The van der Waals surface area contributed by atoms with Crippen LogP contribution < -0.4 is 0 Å². The molecule has 2 nitrogen and oxygen atoms in total.